The van der Waals surface area contributed by atoms with Crippen LogP contribution in [-0.2, 0) is 11.3 Å². The summed E-state index contributed by atoms with van der Waals surface area (Å²) in [4.78, 5) is 11.6. The van der Waals surface area contributed by atoms with E-state index in [1.807, 2.05) is 30.3 Å². The van der Waals surface area contributed by atoms with Crippen LogP contribution in [0.1, 0.15) is 22.8 Å². The summed E-state index contributed by atoms with van der Waals surface area (Å²) in [5.41, 5.74) is 1.45. The Balaban J connectivity index is 2.01. The number of carbonyl (C=O) groups excluding carboxylic acids is 1. The molecule has 0 saturated carbocycles. The molecule has 1 radical (unpaired) electrons. The van der Waals surface area contributed by atoms with Gasteiger partial charge in [0.1, 0.15) is 12.4 Å². The fourth-order valence-electron chi connectivity index (χ4n) is 1.60. The Morgan fingerprint density at radius 2 is 1.89 bits per heavy atom. The fraction of sp³-hybridized carbons (Fsp3) is 0.188. The van der Waals surface area contributed by atoms with Crippen LogP contribution in [0.3, 0.4) is 0 Å². The summed E-state index contributed by atoms with van der Waals surface area (Å²) in [5, 5.41) is 0. The van der Waals surface area contributed by atoms with E-state index in [-0.39, 0.29) is 5.97 Å². The van der Waals surface area contributed by atoms with Crippen molar-refractivity contribution in [3.05, 3.63) is 65.7 Å². The van der Waals surface area contributed by atoms with E-state index in [1.165, 1.54) is 0 Å². The van der Waals surface area contributed by atoms with E-state index in [1.54, 1.807) is 25.1 Å². The molecule has 2 rings (SSSR count). The van der Waals surface area contributed by atoms with Crippen LogP contribution in [0.2, 0.25) is 0 Å². The molecule has 0 aromatic heterocycles. The molecular weight excluding hydrogens is 240 g/mol. The molecule has 0 aliphatic heterocycles. The van der Waals surface area contributed by atoms with Crippen LogP contribution < -0.4 is 4.74 Å². The first-order chi connectivity index (χ1) is 9.29. The van der Waals surface area contributed by atoms with Gasteiger partial charge in [0.2, 0.25) is 0 Å². The van der Waals surface area contributed by atoms with Gasteiger partial charge in [-0.2, -0.15) is 0 Å². The molecule has 0 bridgehead atoms. The summed E-state index contributed by atoms with van der Waals surface area (Å²) in [7, 11) is 0. The fourth-order valence-corrected chi connectivity index (χ4v) is 1.60. The zero-order chi connectivity index (χ0) is 13.5. The second-order valence-corrected chi connectivity index (χ2v) is 3.92. The van der Waals surface area contributed by atoms with Crippen molar-refractivity contribution in [2.75, 3.05) is 6.61 Å². The van der Waals surface area contributed by atoms with Gasteiger partial charge in [0, 0.05) is 6.07 Å². The van der Waals surface area contributed by atoms with Crippen LogP contribution in [0.15, 0.2) is 48.5 Å². The van der Waals surface area contributed by atoms with Crippen LogP contribution >= 0.6 is 0 Å². The highest BCUT2D eigenvalue weighted by Crippen LogP contribution is 2.15. The van der Waals surface area contributed by atoms with Crippen LogP contribution in [0.5, 0.6) is 5.75 Å². The Labute approximate surface area is 112 Å². The van der Waals surface area contributed by atoms with Gasteiger partial charge in [0.05, 0.1) is 12.2 Å². The molecule has 2 aromatic rings. The lowest BCUT2D eigenvalue weighted by molar-refractivity contribution is 0.0525. The van der Waals surface area contributed by atoms with Crippen molar-refractivity contribution in [1.29, 1.82) is 0 Å². The van der Waals surface area contributed by atoms with E-state index >= 15 is 0 Å². The average Bonchev–Trinajstić information content (AvgIpc) is 2.47. The van der Waals surface area contributed by atoms with Crippen LogP contribution in [0.4, 0.5) is 0 Å². The minimum Gasteiger partial charge on any atom is -0.488 e. The molecule has 3 nitrogen and oxygen atoms in total. The Hall–Kier alpha value is -2.29. The standard InChI is InChI=1S/C16H15O3/c1-2-18-16(17)14-9-6-10-15(11-14)19-12-13-7-4-3-5-8-13/h3-10H,2,12H2,1H3. The third kappa shape index (κ3) is 3.85. The summed E-state index contributed by atoms with van der Waals surface area (Å²) in [5.74, 6) is 0.155. The molecule has 3 heteroatoms. The largest absolute Gasteiger partial charge is 0.488 e. The summed E-state index contributed by atoms with van der Waals surface area (Å²) >= 11 is 0. The topological polar surface area (TPSA) is 35.5 Å². The molecule has 0 heterocycles. The minimum atomic E-state index is -0.382. The number of hydrogen-bond acceptors (Lipinski definition) is 3. The molecule has 2 aromatic carbocycles. The Morgan fingerprint density at radius 3 is 2.63 bits per heavy atom. The van der Waals surface area contributed by atoms with E-state index in [0.29, 0.717) is 24.5 Å². The van der Waals surface area contributed by atoms with Crippen LogP contribution in [0.25, 0.3) is 0 Å². The monoisotopic (exact) mass is 255 g/mol. The van der Waals surface area contributed by atoms with Crippen molar-refractivity contribution in [2.45, 2.75) is 13.5 Å². The molecule has 0 saturated heterocycles. The van der Waals surface area contributed by atoms with Gasteiger partial charge in [-0.1, -0.05) is 36.4 Å². The molecule has 97 valence electrons. The van der Waals surface area contributed by atoms with Gasteiger partial charge < -0.3 is 9.47 Å². The van der Waals surface area contributed by atoms with E-state index in [0.717, 1.165) is 5.56 Å². The number of carbonyl (C=O) groups is 1. The van der Waals surface area contributed by atoms with Crippen molar-refractivity contribution in [1.82, 2.24) is 0 Å². The Bertz CT molecular complexity index is 535. The molecule has 19 heavy (non-hydrogen) atoms. The number of esters is 1. The maximum absolute atomic E-state index is 11.6. The van der Waals surface area contributed by atoms with Gasteiger partial charge in [0.25, 0.3) is 0 Å². The molecule has 0 unspecified atom stereocenters. The van der Waals surface area contributed by atoms with Crippen molar-refractivity contribution in [3.63, 3.8) is 0 Å². The van der Waals surface area contributed by atoms with Gasteiger partial charge in [-0.25, -0.2) is 4.79 Å². The highest BCUT2D eigenvalue weighted by molar-refractivity contribution is 5.89. The predicted octanol–water partition coefficient (Wildman–Crippen LogP) is 3.24. The van der Waals surface area contributed by atoms with Crippen LogP contribution in [0, 0.1) is 6.07 Å². The molecule has 0 amide bonds. The van der Waals surface area contributed by atoms with Gasteiger partial charge in [-0.3, -0.25) is 0 Å². The number of hydrogen-bond donors (Lipinski definition) is 0. The Morgan fingerprint density at radius 1 is 1.11 bits per heavy atom. The minimum absolute atomic E-state index is 0.349. The number of benzene rings is 2. The van der Waals surface area contributed by atoms with Gasteiger partial charge in [-0.05, 0) is 24.6 Å². The smallest absolute Gasteiger partial charge is 0.338 e. The molecular formula is C16H15O3. The van der Waals surface area contributed by atoms with Crippen LogP contribution in [-0.4, -0.2) is 12.6 Å². The lowest BCUT2D eigenvalue weighted by atomic mass is 10.2. The summed E-state index contributed by atoms with van der Waals surface area (Å²) < 4.78 is 10.5. The van der Waals surface area contributed by atoms with Crippen molar-refractivity contribution < 1.29 is 14.3 Å². The Kier molecular flexibility index (Phi) is 4.56. The third-order valence-corrected chi connectivity index (χ3v) is 2.50. The normalized spacial score (nSPS) is 9.95. The SMILES string of the molecule is CCOC(=O)c1[c]c(OCc2ccccc2)ccc1. The molecule has 0 fully saturated rings. The van der Waals surface area contributed by atoms with Gasteiger partial charge in [-0.15, -0.1) is 0 Å². The van der Waals surface area contributed by atoms with E-state index in [9.17, 15) is 4.79 Å². The molecule has 0 N–H and O–H groups in total. The summed E-state index contributed by atoms with van der Waals surface area (Å²) in [6, 6.07) is 17.9. The van der Waals surface area contributed by atoms with Crippen molar-refractivity contribution >= 4 is 5.97 Å². The zero-order valence-electron chi connectivity index (χ0n) is 10.8. The lowest BCUT2D eigenvalue weighted by Crippen LogP contribution is -2.05. The summed E-state index contributed by atoms with van der Waals surface area (Å²) in [6.07, 6.45) is 0. The third-order valence-electron chi connectivity index (χ3n) is 2.50. The lowest BCUT2D eigenvalue weighted by Gasteiger charge is -2.07. The second-order valence-electron chi connectivity index (χ2n) is 3.92. The van der Waals surface area contributed by atoms with E-state index < -0.39 is 0 Å². The van der Waals surface area contributed by atoms with Gasteiger partial charge >= 0.3 is 5.97 Å². The van der Waals surface area contributed by atoms with E-state index in [2.05, 4.69) is 6.07 Å². The first kappa shape index (κ1) is 13.1. The second kappa shape index (κ2) is 6.59. The highest BCUT2D eigenvalue weighted by Gasteiger charge is 2.07. The first-order valence-electron chi connectivity index (χ1n) is 6.16. The predicted molar refractivity (Wildman–Crippen MR) is 72.0 cm³/mol. The molecule has 0 aliphatic carbocycles. The number of rotatable bonds is 5. The van der Waals surface area contributed by atoms with E-state index in [4.69, 9.17) is 9.47 Å². The quantitative estimate of drug-likeness (QED) is 0.769. The average molecular weight is 255 g/mol. The van der Waals surface area contributed by atoms with Crippen molar-refractivity contribution in [2.24, 2.45) is 0 Å². The van der Waals surface area contributed by atoms with Gasteiger partial charge in [0.15, 0.2) is 0 Å². The molecule has 0 spiro atoms. The zero-order valence-corrected chi connectivity index (χ0v) is 10.8. The maximum atomic E-state index is 11.6. The maximum Gasteiger partial charge on any atom is 0.338 e. The highest BCUT2D eigenvalue weighted by atomic mass is 16.5. The summed E-state index contributed by atoms with van der Waals surface area (Å²) in [6.45, 7) is 2.57. The molecule has 0 aliphatic rings. The van der Waals surface area contributed by atoms with Crippen molar-refractivity contribution in [3.8, 4) is 5.75 Å². The number of ether oxygens (including phenoxy) is 2. The first-order valence-corrected chi connectivity index (χ1v) is 6.16. The molecule has 0 atom stereocenters.